The number of benzene rings is 1. The third-order valence-electron chi connectivity index (χ3n) is 3.47. The van der Waals surface area contributed by atoms with E-state index in [4.69, 9.17) is 0 Å². The molecule has 5 nitrogen and oxygen atoms in total. The molecule has 0 aliphatic carbocycles. The van der Waals surface area contributed by atoms with Gasteiger partial charge in [0.1, 0.15) is 5.82 Å². The molecule has 122 valence electrons. The van der Waals surface area contributed by atoms with Crippen LogP contribution in [-0.2, 0) is 5.41 Å². The van der Waals surface area contributed by atoms with Crippen molar-refractivity contribution >= 4 is 33.0 Å². The minimum Gasteiger partial charge on any atom is -0.267 e. The minimum atomic E-state index is -0.331. The van der Waals surface area contributed by atoms with Crippen LogP contribution in [0.25, 0.3) is 10.9 Å². The van der Waals surface area contributed by atoms with Gasteiger partial charge in [-0.05, 0) is 30.3 Å². The average Bonchev–Trinajstić information content (AvgIpc) is 2.54. The molecular formula is C18H17BrN4O. The lowest BCUT2D eigenvalue weighted by Gasteiger charge is -2.20. The summed E-state index contributed by atoms with van der Waals surface area (Å²) in [5.74, 6) is 0.606. The van der Waals surface area contributed by atoms with Crippen LogP contribution in [0.3, 0.4) is 0 Å². The Morgan fingerprint density at radius 2 is 2.00 bits per heavy atom. The number of nitrogens with zero attached hydrogens (tertiary/aromatic N) is 4. The SMILES string of the molecule is CC(C)(C)c1nc2ccc(Br)cc2c(=O)n1N=Cc1ccccn1. The van der Waals surface area contributed by atoms with E-state index in [0.29, 0.717) is 22.4 Å². The lowest BCUT2D eigenvalue weighted by molar-refractivity contribution is 0.506. The highest BCUT2D eigenvalue weighted by Gasteiger charge is 2.22. The van der Waals surface area contributed by atoms with Crippen LogP contribution < -0.4 is 5.56 Å². The van der Waals surface area contributed by atoms with E-state index in [1.54, 1.807) is 18.5 Å². The van der Waals surface area contributed by atoms with E-state index in [1.165, 1.54) is 4.68 Å². The molecule has 0 unspecified atom stereocenters. The summed E-state index contributed by atoms with van der Waals surface area (Å²) in [7, 11) is 0. The Balaban J connectivity index is 2.26. The highest BCUT2D eigenvalue weighted by Crippen LogP contribution is 2.22. The highest BCUT2D eigenvalue weighted by atomic mass is 79.9. The number of fused-ring (bicyclic) bond motifs is 1. The van der Waals surface area contributed by atoms with Gasteiger partial charge in [-0.15, -0.1) is 0 Å². The second-order valence-corrected chi connectivity index (χ2v) is 7.38. The monoisotopic (exact) mass is 384 g/mol. The quantitative estimate of drug-likeness (QED) is 0.632. The number of halogens is 1. The molecule has 0 bridgehead atoms. The molecule has 24 heavy (non-hydrogen) atoms. The molecule has 0 aliphatic heterocycles. The van der Waals surface area contributed by atoms with Crippen LogP contribution in [0.5, 0.6) is 0 Å². The van der Waals surface area contributed by atoms with Gasteiger partial charge in [0.05, 0.1) is 22.8 Å². The van der Waals surface area contributed by atoms with Crippen LogP contribution in [0.2, 0.25) is 0 Å². The Morgan fingerprint density at radius 3 is 2.67 bits per heavy atom. The van der Waals surface area contributed by atoms with E-state index in [9.17, 15) is 4.79 Å². The summed E-state index contributed by atoms with van der Waals surface area (Å²) in [5, 5.41) is 4.88. The Kier molecular flexibility index (Phi) is 4.32. The second kappa shape index (κ2) is 6.28. The molecule has 0 spiro atoms. The first-order chi connectivity index (χ1) is 11.4. The number of rotatable bonds is 2. The fourth-order valence-electron chi connectivity index (χ4n) is 2.31. The van der Waals surface area contributed by atoms with Crippen LogP contribution in [0.1, 0.15) is 32.3 Å². The first kappa shape index (κ1) is 16.5. The number of hydrogen-bond acceptors (Lipinski definition) is 4. The van der Waals surface area contributed by atoms with Gasteiger partial charge in [0.2, 0.25) is 0 Å². The van der Waals surface area contributed by atoms with Gasteiger partial charge in [0.25, 0.3) is 5.56 Å². The topological polar surface area (TPSA) is 60.1 Å². The second-order valence-electron chi connectivity index (χ2n) is 6.46. The maximum atomic E-state index is 12.9. The summed E-state index contributed by atoms with van der Waals surface area (Å²) in [6.45, 7) is 6.02. The Hall–Kier alpha value is -2.34. The summed E-state index contributed by atoms with van der Waals surface area (Å²) < 4.78 is 2.20. The van der Waals surface area contributed by atoms with Gasteiger partial charge in [-0.2, -0.15) is 9.78 Å². The van der Waals surface area contributed by atoms with E-state index < -0.39 is 0 Å². The first-order valence-electron chi connectivity index (χ1n) is 7.54. The van der Waals surface area contributed by atoms with E-state index in [-0.39, 0.29) is 11.0 Å². The van der Waals surface area contributed by atoms with E-state index in [0.717, 1.165) is 4.47 Å². The summed E-state index contributed by atoms with van der Waals surface area (Å²) in [6.07, 6.45) is 3.26. The van der Waals surface area contributed by atoms with Crippen molar-refractivity contribution < 1.29 is 0 Å². The number of pyridine rings is 1. The number of aromatic nitrogens is 3. The van der Waals surface area contributed by atoms with Crippen molar-refractivity contribution in [3.05, 3.63) is 68.9 Å². The molecule has 1 aromatic carbocycles. The molecule has 0 N–H and O–H groups in total. The smallest absolute Gasteiger partial charge is 0.267 e. The van der Waals surface area contributed by atoms with Gasteiger partial charge in [-0.3, -0.25) is 9.78 Å². The van der Waals surface area contributed by atoms with Crippen molar-refractivity contribution in [1.82, 2.24) is 14.6 Å². The van der Waals surface area contributed by atoms with Crippen LogP contribution >= 0.6 is 15.9 Å². The van der Waals surface area contributed by atoms with Crippen LogP contribution in [0.15, 0.2) is 57.0 Å². The van der Waals surface area contributed by atoms with Crippen LogP contribution in [0.4, 0.5) is 0 Å². The van der Waals surface area contributed by atoms with Gasteiger partial charge in [0, 0.05) is 16.1 Å². The molecule has 3 aromatic rings. The van der Waals surface area contributed by atoms with Gasteiger partial charge in [-0.1, -0.05) is 42.8 Å². The van der Waals surface area contributed by atoms with E-state index in [2.05, 4.69) is 31.0 Å². The average molecular weight is 385 g/mol. The standard InChI is InChI=1S/C18H17BrN4O/c1-18(2,3)17-22-15-8-7-12(19)10-14(15)16(24)23(17)21-11-13-6-4-5-9-20-13/h4-11H,1-3H3. The van der Waals surface area contributed by atoms with Crippen molar-refractivity contribution in [1.29, 1.82) is 0 Å². The lowest BCUT2D eigenvalue weighted by atomic mass is 9.95. The summed E-state index contributed by atoms with van der Waals surface area (Å²) in [4.78, 5) is 21.8. The molecule has 2 aromatic heterocycles. The van der Waals surface area contributed by atoms with Crippen molar-refractivity contribution in [2.75, 3.05) is 0 Å². The molecule has 6 heteroatoms. The van der Waals surface area contributed by atoms with Crippen LogP contribution in [-0.4, -0.2) is 20.9 Å². The van der Waals surface area contributed by atoms with E-state index >= 15 is 0 Å². The minimum absolute atomic E-state index is 0.196. The summed E-state index contributed by atoms with van der Waals surface area (Å²) in [6, 6.07) is 11.0. The fraction of sp³-hybridized carbons (Fsp3) is 0.222. The predicted octanol–water partition coefficient (Wildman–Crippen LogP) is 3.73. The first-order valence-corrected chi connectivity index (χ1v) is 8.34. The predicted molar refractivity (Wildman–Crippen MR) is 99.6 cm³/mol. The van der Waals surface area contributed by atoms with Crippen molar-refractivity contribution in [2.45, 2.75) is 26.2 Å². The van der Waals surface area contributed by atoms with Crippen molar-refractivity contribution in [2.24, 2.45) is 5.10 Å². The fourth-order valence-corrected chi connectivity index (χ4v) is 2.67. The van der Waals surface area contributed by atoms with Crippen LogP contribution in [0, 0.1) is 0 Å². The van der Waals surface area contributed by atoms with Gasteiger partial charge in [0.15, 0.2) is 0 Å². The van der Waals surface area contributed by atoms with Gasteiger partial charge < -0.3 is 0 Å². The zero-order valence-electron chi connectivity index (χ0n) is 13.7. The molecule has 0 saturated heterocycles. The molecule has 0 atom stereocenters. The molecule has 0 aliphatic rings. The third-order valence-corrected chi connectivity index (χ3v) is 3.97. The molecule has 0 amide bonds. The normalized spacial score (nSPS) is 12.2. The van der Waals surface area contributed by atoms with Crippen molar-refractivity contribution in [3.8, 4) is 0 Å². The largest absolute Gasteiger partial charge is 0.282 e. The number of hydrogen-bond donors (Lipinski definition) is 0. The van der Waals surface area contributed by atoms with Crippen molar-refractivity contribution in [3.63, 3.8) is 0 Å². The summed E-state index contributed by atoms with van der Waals surface area (Å²) >= 11 is 3.40. The molecule has 0 fully saturated rings. The molecule has 2 heterocycles. The maximum absolute atomic E-state index is 12.9. The Bertz CT molecular complexity index is 972. The molecule has 0 saturated carbocycles. The van der Waals surface area contributed by atoms with E-state index in [1.807, 2.05) is 51.1 Å². The molecular weight excluding hydrogens is 368 g/mol. The van der Waals surface area contributed by atoms with Gasteiger partial charge in [-0.25, -0.2) is 4.98 Å². The lowest BCUT2D eigenvalue weighted by Crippen LogP contribution is -2.29. The zero-order valence-corrected chi connectivity index (χ0v) is 15.3. The molecule has 3 rings (SSSR count). The van der Waals surface area contributed by atoms with Gasteiger partial charge >= 0.3 is 0 Å². The molecule has 0 radical (unpaired) electrons. The highest BCUT2D eigenvalue weighted by molar-refractivity contribution is 9.10. The maximum Gasteiger partial charge on any atom is 0.282 e. The zero-order chi connectivity index (χ0) is 17.3. The Labute approximate surface area is 148 Å². The Morgan fingerprint density at radius 1 is 1.21 bits per heavy atom. The summed E-state index contributed by atoms with van der Waals surface area (Å²) in [5.41, 5.74) is 0.816. The third kappa shape index (κ3) is 3.28.